The van der Waals surface area contributed by atoms with E-state index in [1.807, 2.05) is 0 Å². The van der Waals surface area contributed by atoms with Gasteiger partial charge in [-0.1, -0.05) is 82.7 Å². The van der Waals surface area contributed by atoms with Crippen LogP contribution in [0.1, 0.15) is 76.8 Å². The first-order valence-corrected chi connectivity index (χ1v) is 8.66. The maximum Gasteiger partial charge on any atom is 0.0350 e. The highest BCUT2D eigenvalue weighted by Crippen LogP contribution is 2.29. The Kier molecular flexibility index (Phi) is 6.59. The van der Waals surface area contributed by atoms with Gasteiger partial charge in [-0.25, -0.2) is 0 Å². The Morgan fingerprint density at radius 2 is 1.55 bits per heavy atom. The summed E-state index contributed by atoms with van der Waals surface area (Å²) in [4.78, 5) is 0. The summed E-state index contributed by atoms with van der Waals surface area (Å²) in [5.41, 5.74) is 1.48. The van der Waals surface area contributed by atoms with E-state index in [1.54, 1.807) is 0 Å². The molecule has 1 aromatic rings. The molecule has 1 heteroatoms. The lowest BCUT2D eigenvalue weighted by Gasteiger charge is -2.31. The molecule has 20 heavy (non-hydrogen) atoms. The molecule has 0 heterocycles. The van der Waals surface area contributed by atoms with Gasteiger partial charge in [0.25, 0.3) is 0 Å². The molecular weight excluding hydrogens is 242 g/mol. The fourth-order valence-corrected chi connectivity index (χ4v) is 3.62. The SMILES string of the molecule is CCC(CC)C(NC1CCCCCC1)c1ccccc1. The zero-order chi connectivity index (χ0) is 14.2. The van der Waals surface area contributed by atoms with Gasteiger partial charge in [-0.2, -0.15) is 0 Å². The number of hydrogen-bond acceptors (Lipinski definition) is 1. The van der Waals surface area contributed by atoms with Crippen LogP contribution in [0.5, 0.6) is 0 Å². The summed E-state index contributed by atoms with van der Waals surface area (Å²) in [7, 11) is 0. The molecule has 1 nitrogen and oxygen atoms in total. The van der Waals surface area contributed by atoms with Gasteiger partial charge in [0.15, 0.2) is 0 Å². The summed E-state index contributed by atoms with van der Waals surface area (Å²) in [6, 6.07) is 12.3. The zero-order valence-corrected chi connectivity index (χ0v) is 13.3. The molecule has 2 rings (SSSR count). The van der Waals surface area contributed by atoms with E-state index in [0.29, 0.717) is 6.04 Å². The van der Waals surface area contributed by atoms with Gasteiger partial charge in [0, 0.05) is 12.1 Å². The van der Waals surface area contributed by atoms with Gasteiger partial charge in [0.1, 0.15) is 0 Å². The molecule has 1 fully saturated rings. The van der Waals surface area contributed by atoms with E-state index in [-0.39, 0.29) is 0 Å². The third kappa shape index (κ3) is 4.34. The second kappa shape index (κ2) is 8.46. The van der Waals surface area contributed by atoms with Gasteiger partial charge >= 0.3 is 0 Å². The van der Waals surface area contributed by atoms with Crippen LogP contribution in [-0.4, -0.2) is 6.04 Å². The van der Waals surface area contributed by atoms with Gasteiger partial charge < -0.3 is 5.32 Å². The lowest BCUT2D eigenvalue weighted by molar-refractivity contribution is 0.294. The summed E-state index contributed by atoms with van der Waals surface area (Å²) < 4.78 is 0. The smallest absolute Gasteiger partial charge is 0.0350 e. The topological polar surface area (TPSA) is 12.0 Å². The summed E-state index contributed by atoms with van der Waals surface area (Å²) >= 11 is 0. The second-order valence-electron chi connectivity index (χ2n) is 6.32. The molecule has 0 saturated heterocycles. The molecule has 1 saturated carbocycles. The summed E-state index contributed by atoms with van der Waals surface area (Å²) in [6.45, 7) is 4.66. The molecule has 0 spiro atoms. The van der Waals surface area contributed by atoms with Crippen LogP contribution in [0.15, 0.2) is 30.3 Å². The normalized spacial score (nSPS) is 18.9. The Morgan fingerprint density at radius 3 is 2.10 bits per heavy atom. The summed E-state index contributed by atoms with van der Waals surface area (Å²) in [5, 5.41) is 4.01. The molecule has 1 aromatic carbocycles. The fourth-order valence-electron chi connectivity index (χ4n) is 3.62. The molecule has 0 radical (unpaired) electrons. The van der Waals surface area contributed by atoms with E-state index < -0.39 is 0 Å². The van der Waals surface area contributed by atoms with Gasteiger partial charge in [-0.05, 0) is 24.3 Å². The highest BCUT2D eigenvalue weighted by Gasteiger charge is 2.23. The van der Waals surface area contributed by atoms with Crippen LogP contribution < -0.4 is 5.32 Å². The predicted octanol–water partition coefficient (Wildman–Crippen LogP) is 5.48. The maximum atomic E-state index is 4.01. The maximum absolute atomic E-state index is 4.01. The van der Waals surface area contributed by atoms with Crippen LogP contribution in [0.25, 0.3) is 0 Å². The molecule has 1 atom stereocenters. The van der Waals surface area contributed by atoms with Gasteiger partial charge in [0.2, 0.25) is 0 Å². The number of hydrogen-bond donors (Lipinski definition) is 1. The Balaban J connectivity index is 2.09. The highest BCUT2D eigenvalue weighted by molar-refractivity contribution is 5.20. The van der Waals surface area contributed by atoms with Crippen molar-refractivity contribution < 1.29 is 0 Å². The van der Waals surface area contributed by atoms with Crippen LogP contribution in [-0.2, 0) is 0 Å². The summed E-state index contributed by atoms with van der Waals surface area (Å²) in [5.74, 6) is 0.751. The van der Waals surface area contributed by atoms with E-state index in [1.165, 1.54) is 56.9 Å². The van der Waals surface area contributed by atoms with Crippen molar-refractivity contribution in [2.75, 3.05) is 0 Å². The zero-order valence-electron chi connectivity index (χ0n) is 13.3. The average molecular weight is 273 g/mol. The molecule has 112 valence electrons. The standard InChI is InChI=1S/C19H31N/c1-3-16(4-2)19(17-12-8-7-9-13-17)20-18-14-10-5-6-11-15-18/h7-9,12-13,16,18-20H,3-6,10-11,14-15H2,1-2H3. The third-order valence-corrected chi connectivity index (χ3v) is 4.95. The van der Waals surface area contributed by atoms with Crippen LogP contribution in [0.2, 0.25) is 0 Å². The lowest BCUT2D eigenvalue weighted by atomic mass is 9.87. The van der Waals surface area contributed by atoms with Crippen LogP contribution in [0, 0.1) is 5.92 Å². The van der Waals surface area contributed by atoms with Crippen LogP contribution in [0.4, 0.5) is 0 Å². The van der Waals surface area contributed by atoms with E-state index in [2.05, 4.69) is 49.5 Å². The van der Waals surface area contributed by atoms with E-state index in [9.17, 15) is 0 Å². The van der Waals surface area contributed by atoms with Crippen molar-refractivity contribution in [2.45, 2.75) is 77.3 Å². The van der Waals surface area contributed by atoms with Crippen molar-refractivity contribution >= 4 is 0 Å². The molecular formula is C19H31N. The Bertz CT molecular complexity index is 347. The minimum Gasteiger partial charge on any atom is -0.307 e. The highest BCUT2D eigenvalue weighted by atomic mass is 15.0. The number of rotatable bonds is 6. The van der Waals surface area contributed by atoms with Crippen LogP contribution >= 0.6 is 0 Å². The van der Waals surface area contributed by atoms with Crippen LogP contribution in [0.3, 0.4) is 0 Å². The van der Waals surface area contributed by atoms with Crippen molar-refractivity contribution in [1.82, 2.24) is 5.32 Å². The molecule has 0 amide bonds. The van der Waals surface area contributed by atoms with E-state index >= 15 is 0 Å². The molecule has 1 unspecified atom stereocenters. The molecule has 1 N–H and O–H groups in total. The second-order valence-corrected chi connectivity index (χ2v) is 6.32. The third-order valence-electron chi connectivity index (χ3n) is 4.95. The van der Waals surface area contributed by atoms with Crippen molar-refractivity contribution in [3.8, 4) is 0 Å². The quantitative estimate of drug-likeness (QED) is 0.677. The molecule has 1 aliphatic carbocycles. The fraction of sp³-hybridized carbons (Fsp3) is 0.684. The predicted molar refractivity (Wildman–Crippen MR) is 87.9 cm³/mol. The lowest BCUT2D eigenvalue weighted by Crippen LogP contribution is -2.36. The van der Waals surface area contributed by atoms with Crippen molar-refractivity contribution in [1.29, 1.82) is 0 Å². The first-order chi connectivity index (χ1) is 9.85. The van der Waals surface area contributed by atoms with Crippen molar-refractivity contribution in [3.63, 3.8) is 0 Å². The Labute approximate surface area is 125 Å². The molecule has 0 bridgehead atoms. The first-order valence-electron chi connectivity index (χ1n) is 8.66. The van der Waals surface area contributed by atoms with Crippen molar-refractivity contribution in [3.05, 3.63) is 35.9 Å². The Hall–Kier alpha value is -0.820. The molecule has 1 aliphatic rings. The minimum atomic E-state index is 0.536. The van der Waals surface area contributed by atoms with Crippen molar-refractivity contribution in [2.24, 2.45) is 5.92 Å². The largest absolute Gasteiger partial charge is 0.307 e. The van der Waals surface area contributed by atoms with Gasteiger partial charge in [0.05, 0.1) is 0 Å². The summed E-state index contributed by atoms with van der Waals surface area (Å²) in [6.07, 6.45) is 10.9. The van der Waals surface area contributed by atoms with Gasteiger partial charge in [-0.3, -0.25) is 0 Å². The first kappa shape index (κ1) is 15.6. The van der Waals surface area contributed by atoms with Gasteiger partial charge in [-0.15, -0.1) is 0 Å². The van der Waals surface area contributed by atoms with E-state index in [4.69, 9.17) is 0 Å². The minimum absolute atomic E-state index is 0.536. The number of benzene rings is 1. The molecule has 0 aliphatic heterocycles. The average Bonchev–Trinajstić information content (AvgIpc) is 2.77. The van der Waals surface area contributed by atoms with E-state index in [0.717, 1.165) is 12.0 Å². The number of nitrogens with one attached hydrogen (secondary N) is 1. The molecule has 0 aromatic heterocycles. The monoisotopic (exact) mass is 273 g/mol. The Morgan fingerprint density at radius 1 is 0.950 bits per heavy atom.